The molecule has 1 N–H and O–H groups in total. The van der Waals surface area contributed by atoms with Gasteiger partial charge in [-0.25, -0.2) is 9.07 Å². The van der Waals surface area contributed by atoms with Gasteiger partial charge in [0.1, 0.15) is 5.82 Å². The molecule has 156 valence electrons. The van der Waals surface area contributed by atoms with Crippen molar-refractivity contribution in [3.8, 4) is 5.69 Å². The number of anilines is 1. The van der Waals surface area contributed by atoms with Crippen molar-refractivity contribution < 1.29 is 14.0 Å². The minimum Gasteiger partial charge on any atom is -0.345 e. The molecule has 6 nitrogen and oxygen atoms in total. The number of aromatic nitrogens is 2. The van der Waals surface area contributed by atoms with Gasteiger partial charge in [0.05, 0.1) is 28.5 Å². The van der Waals surface area contributed by atoms with Crippen LogP contribution in [-0.4, -0.2) is 40.6 Å². The number of rotatable bonds is 5. The number of nitrogens with zero attached hydrogens (tertiary/aromatic N) is 3. The lowest BCUT2D eigenvalue weighted by molar-refractivity contribution is -0.115. The maximum atomic E-state index is 13.2. The quantitative estimate of drug-likeness (QED) is 0.663. The highest BCUT2D eigenvalue weighted by molar-refractivity contribution is 6.33. The van der Waals surface area contributed by atoms with Crippen molar-refractivity contribution in [1.82, 2.24) is 14.7 Å². The minimum atomic E-state index is -0.327. The number of hydrogen-bond acceptors (Lipinski definition) is 3. The molecule has 30 heavy (non-hydrogen) atoms. The first kappa shape index (κ1) is 21.5. The topological polar surface area (TPSA) is 67.2 Å². The van der Waals surface area contributed by atoms with Crippen LogP contribution in [-0.2, 0) is 11.2 Å². The van der Waals surface area contributed by atoms with Crippen LogP contribution in [0, 0.1) is 19.7 Å². The molecule has 0 fully saturated rings. The van der Waals surface area contributed by atoms with E-state index in [0.717, 1.165) is 11.3 Å². The Hall–Kier alpha value is -3.19. The van der Waals surface area contributed by atoms with E-state index in [9.17, 15) is 14.0 Å². The fourth-order valence-corrected chi connectivity index (χ4v) is 3.30. The summed E-state index contributed by atoms with van der Waals surface area (Å²) in [6.45, 7) is 3.67. The maximum absolute atomic E-state index is 13.2. The Bertz CT molecular complexity index is 1110. The van der Waals surface area contributed by atoms with Crippen molar-refractivity contribution in [2.24, 2.45) is 0 Å². The number of amides is 2. The third kappa shape index (κ3) is 4.52. The summed E-state index contributed by atoms with van der Waals surface area (Å²) in [5.74, 6) is -0.794. The lowest BCUT2D eigenvalue weighted by Crippen LogP contribution is -2.22. The molecule has 0 spiro atoms. The molecule has 3 aromatic rings. The van der Waals surface area contributed by atoms with E-state index in [0.29, 0.717) is 27.7 Å². The summed E-state index contributed by atoms with van der Waals surface area (Å²) in [7, 11) is 3.30. The zero-order chi connectivity index (χ0) is 22.0. The smallest absolute Gasteiger partial charge is 0.253 e. The van der Waals surface area contributed by atoms with Crippen molar-refractivity contribution in [3.05, 3.63) is 75.8 Å². The van der Waals surface area contributed by atoms with E-state index < -0.39 is 0 Å². The molecular formula is C22H22ClFN4O2. The second-order valence-electron chi connectivity index (χ2n) is 7.16. The average molecular weight is 429 g/mol. The van der Waals surface area contributed by atoms with Gasteiger partial charge >= 0.3 is 0 Å². The van der Waals surface area contributed by atoms with Gasteiger partial charge in [0.25, 0.3) is 5.91 Å². The maximum Gasteiger partial charge on any atom is 0.253 e. The highest BCUT2D eigenvalue weighted by Gasteiger charge is 2.18. The zero-order valence-electron chi connectivity index (χ0n) is 17.2. The van der Waals surface area contributed by atoms with Crippen LogP contribution < -0.4 is 5.32 Å². The van der Waals surface area contributed by atoms with Gasteiger partial charge in [0.15, 0.2) is 0 Å². The Morgan fingerprint density at radius 3 is 2.43 bits per heavy atom. The summed E-state index contributed by atoms with van der Waals surface area (Å²) in [4.78, 5) is 26.3. The van der Waals surface area contributed by atoms with Gasteiger partial charge in [-0.05, 0) is 56.3 Å². The van der Waals surface area contributed by atoms with E-state index >= 15 is 0 Å². The van der Waals surface area contributed by atoms with Crippen molar-refractivity contribution in [2.75, 3.05) is 19.4 Å². The Balaban J connectivity index is 1.81. The molecule has 3 rings (SSSR count). The number of nitrogens with one attached hydrogen (secondary N) is 1. The van der Waals surface area contributed by atoms with Crippen molar-refractivity contribution in [2.45, 2.75) is 20.3 Å². The van der Waals surface area contributed by atoms with Crippen LogP contribution in [0.2, 0.25) is 5.02 Å². The highest BCUT2D eigenvalue weighted by atomic mass is 35.5. The highest BCUT2D eigenvalue weighted by Crippen LogP contribution is 2.25. The van der Waals surface area contributed by atoms with Gasteiger partial charge in [-0.2, -0.15) is 5.10 Å². The van der Waals surface area contributed by atoms with Crippen LogP contribution in [0.25, 0.3) is 5.69 Å². The Labute approximate surface area is 179 Å². The molecule has 1 heterocycles. The lowest BCUT2D eigenvalue weighted by atomic mass is 10.1. The summed E-state index contributed by atoms with van der Waals surface area (Å²) in [5, 5.41) is 7.60. The second-order valence-corrected chi connectivity index (χ2v) is 7.56. The Morgan fingerprint density at radius 1 is 1.13 bits per heavy atom. The van der Waals surface area contributed by atoms with E-state index in [4.69, 9.17) is 11.6 Å². The van der Waals surface area contributed by atoms with Crippen LogP contribution in [0.4, 0.5) is 10.1 Å². The van der Waals surface area contributed by atoms with E-state index in [1.807, 2.05) is 13.8 Å². The fourth-order valence-electron chi connectivity index (χ4n) is 3.13. The van der Waals surface area contributed by atoms with E-state index in [-0.39, 0.29) is 24.1 Å². The second kappa shape index (κ2) is 8.67. The fraction of sp³-hybridized carbons (Fsp3) is 0.227. The number of aryl methyl sites for hydroxylation is 1. The molecule has 8 heteroatoms. The van der Waals surface area contributed by atoms with Crippen LogP contribution in [0.5, 0.6) is 0 Å². The first-order chi connectivity index (χ1) is 14.2. The van der Waals surface area contributed by atoms with Gasteiger partial charge < -0.3 is 10.2 Å². The molecule has 0 aliphatic carbocycles. The van der Waals surface area contributed by atoms with Gasteiger partial charge in [-0.1, -0.05) is 11.6 Å². The summed E-state index contributed by atoms with van der Waals surface area (Å²) in [5.41, 5.74) is 3.77. The molecule has 1 aromatic heterocycles. The first-order valence-electron chi connectivity index (χ1n) is 9.29. The van der Waals surface area contributed by atoms with Crippen LogP contribution in [0.3, 0.4) is 0 Å². The Morgan fingerprint density at radius 2 is 1.80 bits per heavy atom. The summed E-state index contributed by atoms with van der Waals surface area (Å²) >= 11 is 6.20. The monoisotopic (exact) mass is 428 g/mol. The molecule has 2 amide bonds. The molecule has 0 saturated heterocycles. The average Bonchev–Trinajstić information content (AvgIpc) is 2.98. The first-order valence-corrected chi connectivity index (χ1v) is 9.67. The standard InChI is InChI=1S/C22H22ClFN4O2/c1-13-18(14(2)28(26-13)17-8-6-16(24)7-9-17)12-21(29)25-20-11-15(5-10-19(20)23)22(30)27(3)4/h5-11H,12H2,1-4H3,(H,25,29). The van der Waals surface area contributed by atoms with Crippen LogP contribution in [0.15, 0.2) is 42.5 Å². The normalized spacial score (nSPS) is 10.7. The Kier molecular flexibility index (Phi) is 6.22. The van der Waals surface area contributed by atoms with Gasteiger partial charge in [-0.15, -0.1) is 0 Å². The molecular weight excluding hydrogens is 407 g/mol. The molecule has 0 radical (unpaired) electrons. The molecule has 0 aliphatic rings. The van der Waals surface area contributed by atoms with Crippen molar-refractivity contribution >= 4 is 29.1 Å². The lowest BCUT2D eigenvalue weighted by Gasteiger charge is -2.13. The number of carbonyl (C=O) groups is 2. The van der Waals surface area contributed by atoms with Crippen molar-refractivity contribution in [1.29, 1.82) is 0 Å². The summed E-state index contributed by atoms with van der Waals surface area (Å²) < 4.78 is 14.9. The molecule has 0 aliphatic heterocycles. The van der Waals surface area contributed by atoms with Gasteiger partial charge in [0.2, 0.25) is 5.91 Å². The number of halogens is 2. The molecule has 0 unspecified atom stereocenters. The predicted octanol–water partition coefficient (Wildman–Crippen LogP) is 4.16. The number of carbonyl (C=O) groups excluding carboxylic acids is 2. The van der Waals surface area contributed by atoms with E-state index in [2.05, 4.69) is 10.4 Å². The molecule has 0 bridgehead atoms. The number of benzene rings is 2. The third-order valence-electron chi connectivity index (χ3n) is 4.74. The van der Waals surface area contributed by atoms with Crippen LogP contribution >= 0.6 is 11.6 Å². The number of hydrogen-bond donors (Lipinski definition) is 1. The third-order valence-corrected chi connectivity index (χ3v) is 5.07. The van der Waals surface area contributed by atoms with Gasteiger partial charge in [-0.3, -0.25) is 9.59 Å². The zero-order valence-corrected chi connectivity index (χ0v) is 17.9. The van der Waals surface area contributed by atoms with Crippen LogP contribution in [0.1, 0.15) is 27.3 Å². The largest absolute Gasteiger partial charge is 0.345 e. The SMILES string of the molecule is Cc1nn(-c2ccc(F)cc2)c(C)c1CC(=O)Nc1cc(C(=O)N(C)C)ccc1Cl. The predicted molar refractivity (Wildman–Crippen MR) is 115 cm³/mol. The van der Waals surface area contributed by atoms with E-state index in [1.54, 1.807) is 49.1 Å². The van der Waals surface area contributed by atoms with E-state index in [1.165, 1.54) is 17.0 Å². The minimum absolute atomic E-state index is 0.0844. The summed E-state index contributed by atoms with van der Waals surface area (Å²) in [6, 6.07) is 10.7. The molecule has 0 atom stereocenters. The molecule has 2 aromatic carbocycles. The molecule has 0 saturated carbocycles. The van der Waals surface area contributed by atoms with Crippen molar-refractivity contribution in [3.63, 3.8) is 0 Å². The summed E-state index contributed by atoms with van der Waals surface area (Å²) in [6.07, 6.45) is 0.0844. The van der Waals surface area contributed by atoms with Gasteiger partial charge in [0, 0.05) is 30.9 Å².